The van der Waals surface area contributed by atoms with Gasteiger partial charge < -0.3 is 0 Å². The number of hydrogen-bond acceptors (Lipinski definition) is 4. The molecule has 0 bridgehead atoms. The summed E-state index contributed by atoms with van der Waals surface area (Å²) in [5.74, 6) is -0.996. The van der Waals surface area contributed by atoms with Gasteiger partial charge in [-0.3, -0.25) is 20.2 Å². The van der Waals surface area contributed by atoms with Crippen molar-refractivity contribution >= 4 is 23.9 Å². The van der Waals surface area contributed by atoms with E-state index in [1.54, 1.807) is 0 Å². The summed E-state index contributed by atoms with van der Waals surface area (Å²) in [7, 11) is 0. The molecule has 8 heteroatoms. The van der Waals surface area contributed by atoms with Gasteiger partial charge in [-0.1, -0.05) is 0 Å². The smallest absolute Gasteiger partial charge is 0.275 e. The molecule has 0 radical (unpaired) electrons. The number of carbonyl (C=O) groups is 4. The number of hydrogen-bond donors (Lipinski definition) is 2. The lowest BCUT2D eigenvalue weighted by molar-refractivity contribution is -0.121. The van der Waals surface area contributed by atoms with Gasteiger partial charge in [-0.25, -0.2) is 19.6 Å². The van der Waals surface area contributed by atoms with E-state index >= 15 is 0 Å². The summed E-state index contributed by atoms with van der Waals surface area (Å²) in [5, 5.41) is 5.77. The zero-order valence-electron chi connectivity index (χ0n) is 6.94. The summed E-state index contributed by atoms with van der Waals surface area (Å²) in [4.78, 5) is 43.8. The van der Waals surface area contributed by atoms with Crippen LogP contribution in [0.3, 0.4) is 0 Å². The summed E-state index contributed by atoms with van der Waals surface area (Å²) < 4.78 is 0. The Labute approximate surface area is 77.8 Å². The second-order valence-corrected chi connectivity index (χ2v) is 2.82. The third kappa shape index (κ3) is 1.16. The molecule has 0 aliphatic carbocycles. The van der Waals surface area contributed by atoms with Crippen LogP contribution >= 0.6 is 0 Å². The predicted molar refractivity (Wildman–Crippen MR) is 40.5 cm³/mol. The highest BCUT2D eigenvalue weighted by Crippen LogP contribution is 2.08. The molecular weight excluding hydrogens is 192 g/mol. The van der Waals surface area contributed by atoms with Gasteiger partial charge in [0, 0.05) is 0 Å². The maximum atomic E-state index is 11.1. The standard InChI is InChI=1S/C6H6N4O4/c11-3-1-9(5(13)7-3)10-2-4(12)8-6(10)14/h1-2H2,(H,7,11,13)(H,8,12,14). The van der Waals surface area contributed by atoms with Gasteiger partial charge >= 0.3 is 12.1 Å². The van der Waals surface area contributed by atoms with Crippen LogP contribution in [0, 0.1) is 0 Å². The topological polar surface area (TPSA) is 98.8 Å². The number of nitrogens with one attached hydrogen (secondary N) is 2. The van der Waals surface area contributed by atoms with Gasteiger partial charge in [0.1, 0.15) is 13.1 Å². The Balaban J connectivity index is 2.16. The number of hydrazine groups is 1. The fourth-order valence-corrected chi connectivity index (χ4v) is 1.25. The molecule has 0 unspecified atom stereocenters. The van der Waals surface area contributed by atoms with Crippen LogP contribution in [0.5, 0.6) is 0 Å². The van der Waals surface area contributed by atoms with Crippen LogP contribution < -0.4 is 10.6 Å². The quantitative estimate of drug-likeness (QED) is 0.476. The number of nitrogens with zero attached hydrogens (tertiary/aromatic N) is 2. The number of imide groups is 2. The molecule has 2 saturated heterocycles. The monoisotopic (exact) mass is 198 g/mol. The largest absolute Gasteiger partial charge is 0.343 e. The molecule has 74 valence electrons. The highest BCUT2D eigenvalue weighted by atomic mass is 16.2. The fourth-order valence-electron chi connectivity index (χ4n) is 1.25. The summed E-state index contributed by atoms with van der Waals surface area (Å²) in [6, 6.07) is -1.39. The van der Waals surface area contributed by atoms with Crippen molar-refractivity contribution in [2.75, 3.05) is 13.1 Å². The summed E-state index contributed by atoms with van der Waals surface area (Å²) in [6.45, 7) is -0.473. The van der Waals surface area contributed by atoms with E-state index in [-0.39, 0.29) is 13.1 Å². The van der Waals surface area contributed by atoms with E-state index in [2.05, 4.69) is 0 Å². The Bertz CT molecular complexity index is 318. The Hall–Kier alpha value is -2.12. The molecule has 0 aromatic rings. The summed E-state index contributed by atoms with van der Waals surface area (Å²) in [6.07, 6.45) is 0. The second kappa shape index (κ2) is 2.69. The van der Waals surface area contributed by atoms with Crippen molar-refractivity contribution in [3.63, 3.8) is 0 Å². The first kappa shape index (κ1) is 8.48. The number of rotatable bonds is 1. The fraction of sp³-hybridized carbons (Fsp3) is 0.333. The van der Waals surface area contributed by atoms with Gasteiger partial charge in [0.15, 0.2) is 0 Å². The van der Waals surface area contributed by atoms with Crippen LogP contribution in [-0.4, -0.2) is 47.0 Å². The molecule has 8 nitrogen and oxygen atoms in total. The molecule has 2 aliphatic heterocycles. The molecule has 0 spiro atoms. The Morgan fingerprint density at radius 2 is 1.14 bits per heavy atom. The van der Waals surface area contributed by atoms with Crippen molar-refractivity contribution in [3.05, 3.63) is 0 Å². The number of carbonyl (C=O) groups excluding carboxylic acids is 4. The molecule has 2 fully saturated rings. The van der Waals surface area contributed by atoms with E-state index in [9.17, 15) is 19.2 Å². The predicted octanol–water partition coefficient (Wildman–Crippen LogP) is -1.99. The highest BCUT2D eigenvalue weighted by Gasteiger charge is 2.39. The van der Waals surface area contributed by atoms with E-state index in [1.807, 2.05) is 10.6 Å². The van der Waals surface area contributed by atoms with Crippen LogP contribution in [-0.2, 0) is 9.59 Å². The van der Waals surface area contributed by atoms with E-state index in [1.165, 1.54) is 0 Å². The SMILES string of the molecule is O=C1CN(N2CC(=O)NC2=O)C(=O)N1. The van der Waals surface area contributed by atoms with Gasteiger partial charge in [-0.05, 0) is 0 Å². The molecule has 14 heavy (non-hydrogen) atoms. The van der Waals surface area contributed by atoms with Crippen LogP contribution in [0.25, 0.3) is 0 Å². The zero-order valence-corrected chi connectivity index (χ0v) is 6.94. The van der Waals surface area contributed by atoms with E-state index in [0.29, 0.717) is 0 Å². The summed E-state index contributed by atoms with van der Waals surface area (Å²) in [5.41, 5.74) is 0. The van der Waals surface area contributed by atoms with Crippen LogP contribution in [0.15, 0.2) is 0 Å². The number of urea groups is 2. The molecule has 2 rings (SSSR count). The lowest BCUT2D eigenvalue weighted by Gasteiger charge is -2.22. The van der Waals surface area contributed by atoms with Crippen molar-refractivity contribution in [1.29, 1.82) is 0 Å². The Morgan fingerprint density at radius 3 is 1.36 bits per heavy atom. The van der Waals surface area contributed by atoms with E-state index in [0.717, 1.165) is 10.0 Å². The molecule has 2 aliphatic rings. The zero-order chi connectivity index (χ0) is 10.3. The van der Waals surface area contributed by atoms with Gasteiger partial charge in [0.25, 0.3) is 0 Å². The third-order valence-electron chi connectivity index (χ3n) is 1.84. The van der Waals surface area contributed by atoms with Crippen LogP contribution in [0.1, 0.15) is 0 Å². The van der Waals surface area contributed by atoms with Crippen molar-refractivity contribution < 1.29 is 19.2 Å². The van der Waals surface area contributed by atoms with Gasteiger partial charge in [-0.2, -0.15) is 0 Å². The average molecular weight is 198 g/mol. The van der Waals surface area contributed by atoms with Crippen LogP contribution in [0.2, 0.25) is 0 Å². The van der Waals surface area contributed by atoms with Crippen molar-refractivity contribution in [1.82, 2.24) is 20.7 Å². The van der Waals surface area contributed by atoms with Gasteiger partial charge in [0.2, 0.25) is 11.8 Å². The van der Waals surface area contributed by atoms with Crippen molar-refractivity contribution in [3.8, 4) is 0 Å². The molecule has 0 aromatic heterocycles. The normalized spacial score (nSPS) is 21.7. The first-order valence-corrected chi connectivity index (χ1v) is 3.80. The summed E-state index contributed by atoms with van der Waals surface area (Å²) >= 11 is 0. The first-order valence-electron chi connectivity index (χ1n) is 3.80. The minimum absolute atomic E-state index is 0.237. The molecule has 2 heterocycles. The van der Waals surface area contributed by atoms with Crippen molar-refractivity contribution in [2.24, 2.45) is 0 Å². The van der Waals surface area contributed by atoms with E-state index < -0.39 is 23.9 Å². The average Bonchev–Trinajstić information content (AvgIpc) is 2.55. The maximum Gasteiger partial charge on any atom is 0.343 e. The minimum Gasteiger partial charge on any atom is -0.275 e. The lowest BCUT2D eigenvalue weighted by Crippen LogP contribution is -2.46. The molecule has 6 amide bonds. The molecular formula is C6H6N4O4. The molecule has 0 aromatic carbocycles. The molecule has 0 atom stereocenters. The van der Waals surface area contributed by atoms with E-state index in [4.69, 9.17) is 0 Å². The second-order valence-electron chi connectivity index (χ2n) is 2.82. The number of amides is 6. The Morgan fingerprint density at radius 1 is 0.786 bits per heavy atom. The third-order valence-corrected chi connectivity index (χ3v) is 1.84. The first-order chi connectivity index (χ1) is 6.58. The Kier molecular flexibility index (Phi) is 1.63. The van der Waals surface area contributed by atoms with Gasteiger partial charge in [0.05, 0.1) is 0 Å². The minimum atomic E-state index is -0.695. The lowest BCUT2D eigenvalue weighted by atomic mass is 10.6. The van der Waals surface area contributed by atoms with Gasteiger partial charge in [-0.15, -0.1) is 0 Å². The van der Waals surface area contributed by atoms with Crippen molar-refractivity contribution in [2.45, 2.75) is 0 Å². The van der Waals surface area contributed by atoms with Crippen LogP contribution in [0.4, 0.5) is 9.59 Å². The molecule has 2 N–H and O–H groups in total. The molecule has 0 saturated carbocycles. The maximum absolute atomic E-state index is 11.1. The highest BCUT2D eigenvalue weighted by molar-refractivity contribution is 6.06.